The highest BCUT2D eigenvalue weighted by Gasteiger charge is 2.12. The molecule has 0 aliphatic carbocycles. The van der Waals surface area contributed by atoms with Gasteiger partial charge in [0.25, 0.3) is 0 Å². The number of esters is 1. The highest BCUT2D eigenvalue weighted by atomic mass is 35.5. The van der Waals surface area contributed by atoms with Crippen molar-refractivity contribution in [3.8, 4) is 5.75 Å². The average Bonchev–Trinajstić information content (AvgIpc) is 2.42. The summed E-state index contributed by atoms with van der Waals surface area (Å²) in [5, 5.41) is 0.643. The van der Waals surface area contributed by atoms with Gasteiger partial charge in [0.05, 0.1) is 16.5 Å². The maximum atomic E-state index is 11.7. The van der Waals surface area contributed by atoms with E-state index in [2.05, 4.69) is 4.98 Å². The number of carbonyl (C=O) groups is 1. The van der Waals surface area contributed by atoms with Crippen LogP contribution in [-0.2, 0) is 11.2 Å². The van der Waals surface area contributed by atoms with Crippen LogP contribution in [0.3, 0.4) is 0 Å². The van der Waals surface area contributed by atoms with E-state index in [4.69, 9.17) is 27.9 Å². The number of benzene rings is 1. The molecule has 0 atom stereocenters. The molecular formula is C14H11Cl2NO2. The lowest BCUT2D eigenvalue weighted by atomic mass is 10.2. The minimum atomic E-state index is -0.376. The Morgan fingerprint density at radius 2 is 1.89 bits per heavy atom. The smallest absolute Gasteiger partial charge is 0.311 e. The first-order valence-electron chi connectivity index (χ1n) is 5.70. The molecule has 0 spiro atoms. The molecule has 3 nitrogen and oxygen atoms in total. The molecule has 0 N–H and O–H groups in total. The Hall–Kier alpha value is -1.58. The van der Waals surface area contributed by atoms with Crippen molar-refractivity contribution in [2.45, 2.75) is 12.8 Å². The second kappa shape index (κ2) is 6.55. The summed E-state index contributed by atoms with van der Waals surface area (Å²) in [5.74, 6) is -0.166. The number of carbonyl (C=O) groups excluding carboxylic acids is 1. The summed E-state index contributed by atoms with van der Waals surface area (Å²) < 4.78 is 5.17. The molecule has 1 aromatic heterocycles. The Balaban J connectivity index is 1.95. The van der Waals surface area contributed by atoms with Crippen molar-refractivity contribution in [3.05, 3.63) is 58.3 Å². The summed E-state index contributed by atoms with van der Waals surface area (Å²) in [6.07, 6.45) is 4.21. The van der Waals surface area contributed by atoms with E-state index in [1.165, 1.54) is 0 Å². The Kier molecular flexibility index (Phi) is 4.77. The zero-order valence-corrected chi connectivity index (χ0v) is 11.5. The van der Waals surface area contributed by atoms with Gasteiger partial charge in [-0.05, 0) is 30.2 Å². The minimum absolute atomic E-state index is 0.210. The molecule has 1 aromatic carbocycles. The van der Waals surface area contributed by atoms with E-state index in [1.54, 1.807) is 30.6 Å². The molecule has 0 aliphatic rings. The summed E-state index contributed by atoms with van der Waals surface area (Å²) in [7, 11) is 0. The molecule has 0 radical (unpaired) electrons. The fourth-order valence-corrected chi connectivity index (χ4v) is 2.01. The van der Waals surface area contributed by atoms with Crippen LogP contribution >= 0.6 is 23.2 Å². The molecule has 5 heteroatoms. The van der Waals surface area contributed by atoms with Crippen LogP contribution in [0.4, 0.5) is 0 Å². The number of rotatable bonds is 4. The molecule has 0 amide bonds. The van der Waals surface area contributed by atoms with Crippen molar-refractivity contribution < 1.29 is 9.53 Å². The Labute approximate surface area is 121 Å². The lowest BCUT2D eigenvalue weighted by molar-refractivity contribution is -0.134. The van der Waals surface area contributed by atoms with Crippen molar-refractivity contribution in [2.24, 2.45) is 0 Å². The van der Waals surface area contributed by atoms with Gasteiger partial charge in [-0.1, -0.05) is 35.3 Å². The SMILES string of the molecule is O=C(CCc1cccnc1)Oc1c(Cl)cccc1Cl. The predicted molar refractivity (Wildman–Crippen MR) is 74.7 cm³/mol. The van der Waals surface area contributed by atoms with E-state index in [0.29, 0.717) is 16.5 Å². The molecular weight excluding hydrogens is 285 g/mol. The Morgan fingerprint density at radius 3 is 2.53 bits per heavy atom. The fourth-order valence-electron chi connectivity index (χ4n) is 1.54. The van der Waals surface area contributed by atoms with Gasteiger partial charge >= 0.3 is 5.97 Å². The van der Waals surface area contributed by atoms with Crippen LogP contribution in [0.15, 0.2) is 42.7 Å². The number of aryl methyl sites for hydroxylation is 1. The molecule has 2 rings (SSSR count). The molecule has 0 saturated carbocycles. The molecule has 0 saturated heterocycles. The van der Waals surface area contributed by atoms with Gasteiger partial charge in [-0.25, -0.2) is 0 Å². The van der Waals surface area contributed by atoms with Crippen LogP contribution in [0.5, 0.6) is 5.75 Å². The second-order valence-corrected chi connectivity index (χ2v) is 4.70. The maximum absolute atomic E-state index is 11.7. The van der Waals surface area contributed by atoms with E-state index in [9.17, 15) is 4.79 Å². The van der Waals surface area contributed by atoms with Crippen LogP contribution in [0, 0.1) is 0 Å². The lowest BCUT2D eigenvalue weighted by Crippen LogP contribution is -2.09. The molecule has 98 valence electrons. The van der Waals surface area contributed by atoms with Crippen molar-refractivity contribution in [1.29, 1.82) is 0 Å². The van der Waals surface area contributed by atoms with Gasteiger partial charge in [-0.15, -0.1) is 0 Å². The minimum Gasteiger partial charge on any atom is -0.423 e. The third-order valence-electron chi connectivity index (χ3n) is 2.48. The molecule has 0 unspecified atom stereocenters. The monoisotopic (exact) mass is 295 g/mol. The summed E-state index contributed by atoms with van der Waals surface area (Å²) in [6.45, 7) is 0. The first-order chi connectivity index (χ1) is 9.16. The topological polar surface area (TPSA) is 39.2 Å². The number of halogens is 2. The summed E-state index contributed by atoms with van der Waals surface area (Å²) in [5.41, 5.74) is 0.977. The number of nitrogens with zero attached hydrogens (tertiary/aromatic N) is 1. The van der Waals surface area contributed by atoms with Gasteiger partial charge in [-0.2, -0.15) is 0 Å². The van der Waals surface area contributed by atoms with E-state index < -0.39 is 0 Å². The van der Waals surface area contributed by atoms with Gasteiger partial charge in [0.15, 0.2) is 5.75 Å². The summed E-state index contributed by atoms with van der Waals surface area (Å²) in [4.78, 5) is 15.7. The first kappa shape index (κ1) is 13.8. The number of hydrogen-bond acceptors (Lipinski definition) is 3. The first-order valence-corrected chi connectivity index (χ1v) is 6.46. The quantitative estimate of drug-likeness (QED) is 0.634. The van der Waals surface area contributed by atoms with E-state index >= 15 is 0 Å². The van der Waals surface area contributed by atoms with Crippen LogP contribution < -0.4 is 4.74 Å². The normalized spacial score (nSPS) is 10.2. The van der Waals surface area contributed by atoms with Crippen molar-refractivity contribution >= 4 is 29.2 Å². The maximum Gasteiger partial charge on any atom is 0.311 e. The van der Waals surface area contributed by atoms with E-state index in [0.717, 1.165) is 5.56 Å². The second-order valence-electron chi connectivity index (χ2n) is 3.89. The van der Waals surface area contributed by atoms with Gasteiger partial charge in [-0.3, -0.25) is 9.78 Å². The average molecular weight is 296 g/mol. The summed E-state index contributed by atoms with van der Waals surface area (Å²) in [6, 6.07) is 8.67. The van der Waals surface area contributed by atoms with Crippen LogP contribution in [0.25, 0.3) is 0 Å². The van der Waals surface area contributed by atoms with Crippen molar-refractivity contribution in [3.63, 3.8) is 0 Å². The molecule has 2 aromatic rings. The highest BCUT2D eigenvalue weighted by Crippen LogP contribution is 2.32. The third-order valence-corrected chi connectivity index (χ3v) is 3.07. The van der Waals surface area contributed by atoms with Gasteiger partial charge in [0.1, 0.15) is 0 Å². The van der Waals surface area contributed by atoms with Crippen LogP contribution in [0.1, 0.15) is 12.0 Å². The van der Waals surface area contributed by atoms with Crippen LogP contribution in [0.2, 0.25) is 10.0 Å². The third kappa shape index (κ3) is 3.94. The van der Waals surface area contributed by atoms with Gasteiger partial charge in [0, 0.05) is 12.4 Å². The number of ether oxygens (including phenoxy) is 1. The molecule has 19 heavy (non-hydrogen) atoms. The lowest BCUT2D eigenvalue weighted by Gasteiger charge is -2.07. The standard InChI is InChI=1S/C14H11Cl2NO2/c15-11-4-1-5-12(16)14(11)19-13(18)7-6-10-3-2-8-17-9-10/h1-5,8-9H,6-7H2. The number of aromatic nitrogens is 1. The number of hydrogen-bond donors (Lipinski definition) is 0. The van der Waals surface area contributed by atoms with E-state index in [1.807, 2.05) is 12.1 Å². The Morgan fingerprint density at radius 1 is 1.16 bits per heavy atom. The zero-order chi connectivity index (χ0) is 13.7. The molecule has 0 aliphatic heterocycles. The van der Waals surface area contributed by atoms with Gasteiger partial charge < -0.3 is 4.74 Å². The summed E-state index contributed by atoms with van der Waals surface area (Å²) >= 11 is 11.8. The number of pyridine rings is 1. The highest BCUT2D eigenvalue weighted by molar-refractivity contribution is 6.37. The predicted octanol–water partition coefficient (Wildman–Crippen LogP) is 3.93. The zero-order valence-electron chi connectivity index (χ0n) is 9.98. The number of para-hydroxylation sites is 1. The Bertz CT molecular complexity index is 553. The van der Waals surface area contributed by atoms with Crippen molar-refractivity contribution in [1.82, 2.24) is 4.98 Å². The fraction of sp³-hybridized carbons (Fsp3) is 0.143. The molecule has 0 bridgehead atoms. The van der Waals surface area contributed by atoms with E-state index in [-0.39, 0.29) is 18.1 Å². The molecule has 0 fully saturated rings. The van der Waals surface area contributed by atoms with Crippen molar-refractivity contribution in [2.75, 3.05) is 0 Å². The van der Waals surface area contributed by atoms with Gasteiger partial charge in [0.2, 0.25) is 0 Å². The molecule has 1 heterocycles. The largest absolute Gasteiger partial charge is 0.423 e. The van der Waals surface area contributed by atoms with Crippen LogP contribution in [-0.4, -0.2) is 11.0 Å².